The average molecular weight is 287 g/mol. The third kappa shape index (κ3) is 3.89. The molecule has 0 radical (unpaired) electrons. The normalized spacial score (nSPS) is 10.2. The summed E-state index contributed by atoms with van der Waals surface area (Å²) in [5.41, 5.74) is 2.22. The maximum Gasteiger partial charge on any atom is 0.127 e. The number of methoxy groups -OCH3 is 3. The average Bonchev–Trinajstić information content (AvgIpc) is 2.55. The van der Waals surface area contributed by atoms with Crippen LogP contribution in [0.3, 0.4) is 0 Å². The molecule has 0 aromatic heterocycles. The van der Waals surface area contributed by atoms with Crippen molar-refractivity contribution in [3.8, 4) is 17.2 Å². The van der Waals surface area contributed by atoms with Gasteiger partial charge in [-0.3, -0.25) is 0 Å². The summed E-state index contributed by atoms with van der Waals surface area (Å²) in [5.74, 6) is 2.51. The van der Waals surface area contributed by atoms with Crippen molar-refractivity contribution in [1.82, 2.24) is 5.32 Å². The molecule has 0 fully saturated rings. The van der Waals surface area contributed by atoms with Crippen molar-refractivity contribution in [3.05, 3.63) is 53.6 Å². The van der Waals surface area contributed by atoms with Crippen LogP contribution in [-0.4, -0.2) is 21.3 Å². The van der Waals surface area contributed by atoms with Gasteiger partial charge in [0.2, 0.25) is 0 Å². The summed E-state index contributed by atoms with van der Waals surface area (Å²) in [7, 11) is 5.00. The molecule has 1 N–H and O–H groups in total. The number of hydrogen-bond acceptors (Lipinski definition) is 4. The Morgan fingerprint density at radius 2 is 1.43 bits per heavy atom. The van der Waals surface area contributed by atoms with Crippen molar-refractivity contribution in [2.24, 2.45) is 0 Å². The summed E-state index contributed by atoms with van der Waals surface area (Å²) in [6.07, 6.45) is 0. The van der Waals surface area contributed by atoms with Gasteiger partial charge < -0.3 is 19.5 Å². The Hall–Kier alpha value is -2.20. The highest BCUT2D eigenvalue weighted by Crippen LogP contribution is 2.24. The van der Waals surface area contributed by atoms with E-state index in [-0.39, 0.29) is 0 Å². The van der Waals surface area contributed by atoms with Gasteiger partial charge in [-0.15, -0.1) is 0 Å². The summed E-state index contributed by atoms with van der Waals surface area (Å²) in [5, 5.41) is 3.40. The van der Waals surface area contributed by atoms with Crippen molar-refractivity contribution in [2.45, 2.75) is 13.1 Å². The molecule has 0 aliphatic heterocycles. The van der Waals surface area contributed by atoms with E-state index in [0.29, 0.717) is 6.54 Å². The highest BCUT2D eigenvalue weighted by Gasteiger charge is 2.06. The quantitative estimate of drug-likeness (QED) is 0.850. The van der Waals surface area contributed by atoms with E-state index < -0.39 is 0 Å². The molecule has 21 heavy (non-hydrogen) atoms. The molecule has 2 aromatic carbocycles. The van der Waals surface area contributed by atoms with E-state index in [1.165, 1.54) is 0 Å². The monoisotopic (exact) mass is 287 g/mol. The van der Waals surface area contributed by atoms with Crippen LogP contribution in [0.1, 0.15) is 11.1 Å². The fourth-order valence-corrected chi connectivity index (χ4v) is 2.18. The molecule has 0 aliphatic carbocycles. The first kappa shape index (κ1) is 15.2. The fourth-order valence-electron chi connectivity index (χ4n) is 2.18. The van der Waals surface area contributed by atoms with Crippen molar-refractivity contribution in [2.75, 3.05) is 21.3 Å². The van der Waals surface area contributed by atoms with Crippen LogP contribution in [0, 0.1) is 0 Å². The van der Waals surface area contributed by atoms with Crippen molar-refractivity contribution in [1.29, 1.82) is 0 Å². The molecular weight excluding hydrogens is 266 g/mol. The van der Waals surface area contributed by atoms with Crippen LogP contribution in [0.4, 0.5) is 0 Å². The van der Waals surface area contributed by atoms with Crippen LogP contribution in [0.2, 0.25) is 0 Å². The predicted molar refractivity (Wildman–Crippen MR) is 83.1 cm³/mol. The molecule has 2 rings (SSSR count). The zero-order valence-electron chi connectivity index (χ0n) is 12.7. The number of nitrogens with one attached hydrogen (secondary N) is 1. The second kappa shape index (κ2) is 7.55. The smallest absolute Gasteiger partial charge is 0.127 e. The summed E-state index contributed by atoms with van der Waals surface area (Å²) >= 11 is 0. The molecule has 0 atom stereocenters. The van der Waals surface area contributed by atoms with Crippen molar-refractivity contribution in [3.63, 3.8) is 0 Å². The van der Waals surface area contributed by atoms with Gasteiger partial charge in [-0.05, 0) is 12.1 Å². The first-order valence-electron chi connectivity index (χ1n) is 6.82. The number of ether oxygens (including phenoxy) is 3. The molecule has 0 unspecified atom stereocenters. The molecule has 0 aliphatic rings. The van der Waals surface area contributed by atoms with E-state index in [1.54, 1.807) is 21.3 Å². The minimum absolute atomic E-state index is 0.714. The summed E-state index contributed by atoms with van der Waals surface area (Å²) in [6, 6.07) is 13.8. The number of hydrogen-bond donors (Lipinski definition) is 1. The molecule has 0 amide bonds. The van der Waals surface area contributed by atoms with Gasteiger partial charge >= 0.3 is 0 Å². The Kier molecular flexibility index (Phi) is 5.46. The Balaban J connectivity index is 2.00. The Bertz CT molecular complexity index is 584. The first-order chi connectivity index (χ1) is 10.3. The van der Waals surface area contributed by atoms with Crippen molar-refractivity contribution >= 4 is 0 Å². The number of rotatable bonds is 7. The molecule has 2 aromatic rings. The van der Waals surface area contributed by atoms with E-state index in [0.717, 1.165) is 34.9 Å². The Morgan fingerprint density at radius 1 is 0.762 bits per heavy atom. The van der Waals surface area contributed by atoms with Crippen LogP contribution in [-0.2, 0) is 13.1 Å². The lowest BCUT2D eigenvalue weighted by molar-refractivity contribution is 0.389. The molecule has 0 spiro atoms. The van der Waals surface area contributed by atoms with E-state index in [4.69, 9.17) is 14.2 Å². The fraction of sp³-hybridized carbons (Fsp3) is 0.294. The molecular formula is C17H21NO3. The van der Waals surface area contributed by atoms with Gasteiger partial charge in [0.1, 0.15) is 17.2 Å². The Labute approximate surface area is 125 Å². The van der Waals surface area contributed by atoms with Gasteiger partial charge in [0.05, 0.1) is 21.3 Å². The van der Waals surface area contributed by atoms with E-state index >= 15 is 0 Å². The molecule has 112 valence electrons. The summed E-state index contributed by atoms with van der Waals surface area (Å²) in [6.45, 7) is 1.45. The van der Waals surface area contributed by atoms with E-state index in [1.807, 2.05) is 36.4 Å². The van der Waals surface area contributed by atoms with Crippen LogP contribution >= 0.6 is 0 Å². The minimum atomic E-state index is 0.714. The molecule has 4 heteroatoms. The third-order valence-electron chi connectivity index (χ3n) is 3.32. The highest BCUT2D eigenvalue weighted by molar-refractivity contribution is 5.40. The maximum atomic E-state index is 5.39. The van der Waals surface area contributed by atoms with Gasteiger partial charge in [0.25, 0.3) is 0 Å². The van der Waals surface area contributed by atoms with Gasteiger partial charge in [0, 0.05) is 30.3 Å². The lowest BCUT2D eigenvalue weighted by atomic mass is 10.1. The Morgan fingerprint density at radius 3 is 2.10 bits per heavy atom. The minimum Gasteiger partial charge on any atom is -0.497 e. The highest BCUT2D eigenvalue weighted by atomic mass is 16.5. The van der Waals surface area contributed by atoms with Crippen LogP contribution in [0.15, 0.2) is 42.5 Å². The summed E-state index contributed by atoms with van der Waals surface area (Å²) in [4.78, 5) is 0. The summed E-state index contributed by atoms with van der Waals surface area (Å²) < 4.78 is 15.9. The lowest BCUT2D eigenvalue weighted by Gasteiger charge is -2.12. The van der Waals surface area contributed by atoms with Gasteiger partial charge in [-0.2, -0.15) is 0 Å². The van der Waals surface area contributed by atoms with Gasteiger partial charge in [0.15, 0.2) is 0 Å². The molecule has 0 saturated carbocycles. The topological polar surface area (TPSA) is 39.7 Å². The van der Waals surface area contributed by atoms with Crippen LogP contribution in [0.5, 0.6) is 17.2 Å². The second-order valence-electron chi connectivity index (χ2n) is 4.59. The van der Waals surface area contributed by atoms with Gasteiger partial charge in [-0.25, -0.2) is 0 Å². The number of benzene rings is 2. The number of para-hydroxylation sites is 1. The molecule has 0 heterocycles. The van der Waals surface area contributed by atoms with Gasteiger partial charge in [-0.1, -0.05) is 24.3 Å². The zero-order chi connectivity index (χ0) is 15.1. The van der Waals surface area contributed by atoms with E-state index in [9.17, 15) is 0 Å². The van der Waals surface area contributed by atoms with Crippen LogP contribution < -0.4 is 19.5 Å². The third-order valence-corrected chi connectivity index (χ3v) is 3.32. The molecule has 0 bridgehead atoms. The zero-order valence-corrected chi connectivity index (χ0v) is 12.7. The maximum absolute atomic E-state index is 5.39. The standard InChI is InChI=1S/C17H21NO3/c1-19-15-9-8-14(17(10-15)21-3)12-18-11-13-6-4-5-7-16(13)20-2/h4-10,18H,11-12H2,1-3H3. The van der Waals surface area contributed by atoms with Crippen molar-refractivity contribution < 1.29 is 14.2 Å². The van der Waals surface area contributed by atoms with E-state index in [2.05, 4.69) is 11.4 Å². The molecule has 4 nitrogen and oxygen atoms in total. The first-order valence-corrected chi connectivity index (χ1v) is 6.82. The predicted octanol–water partition coefficient (Wildman–Crippen LogP) is 3.00. The largest absolute Gasteiger partial charge is 0.497 e. The lowest BCUT2D eigenvalue weighted by Crippen LogP contribution is -2.14. The van der Waals surface area contributed by atoms with Crippen LogP contribution in [0.25, 0.3) is 0 Å². The SMILES string of the molecule is COc1ccc(CNCc2ccccc2OC)c(OC)c1. The molecule has 0 saturated heterocycles. The second-order valence-corrected chi connectivity index (χ2v) is 4.59.